The van der Waals surface area contributed by atoms with Gasteiger partial charge in [0, 0.05) is 6.04 Å². The Labute approximate surface area is 101 Å². The summed E-state index contributed by atoms with van der Waals surface area (Å²) in [6, 6.07) is 13.3. The quantitative estimate of drug-likeness (QED) is 0.860. The van der Waals surface area contributed by atoms with Gasteiger partial charge in [-0.1, -0.05) is 25.1 Å². The molecule has 0 saturated heterocycles. The smallest absolute Gasteiger partial charge is 0.171 e. The van der Waals surface area contributed by atoms with Crippen molar-refractivity contribution in [3.05, 3.63) is 54.5 Å². The van der Waals surface area contributed by atoms with E-state index in [0.717, 1.165) is 17.9 Å². The largest absolute Gasteiger partial charge is 0.481 e. The van der Waals surface area contributed by atoms with Crippen LogP contribution in [0.2, 0.25) is 0 Å². The lowest BCUT2D eigenvalue weighted by Crippen LogP contribution is -2.31. The maximum absolute atomic E-state index is 6.07. The predicted molar refractivity (Wildman–Crippen MR) is 66.8 cm³/mol. The molecule has 1 heterocycles. The first-order valence-corrected chi connectivity index (χ1v) is 5.82. The highest BCUT2D eigenvalue weighted by Crippen LogP contribution is 2.25. The van der Waals surface area contributed by atoms with Gasteiger partial charge in [-0.3, -0.25) is 0 Å². The normalized spacial score (nSPS) is 14.2. The molecule has 0 radical (unpaired) electrons. The molecule has 2 rings (SSSR count). The maximum atomic E-state index is 6.07. The van der Waals surface area contributed by atoms with Gasteiger partial charge in [0.25, 0.3) is 0 Å². The van der Waals surface area contributed by atoms with E-state index in [0.29, 0.717) is 0 Å². The fourth-order valence-corrected chi connectivity index (χ4v) is 1.67. The molecule has 0 spiro atoms. The van der Waals surface area contributed by atoms with Crippen LogP contribution in [0, 0.1) is 0 Å². The van der Waals surface area contributed by atoms with Crippen LogP contribution in [0.3, 0.4) is 0 Å². The van der Waals surface area contributed by atoms with E-state index in [-0.39, 0.29) is 12.1 Å². The van der Waals surface area contributed by atoms with Crippen molar-refractivity contribution < 1.29 is 9.15 Å². The van der Waals surface area contributed by atoms with E-state index < -0.39 is 0 Å². The summed E-state index contributed by atoms with van der Waals surface area (Å²) >= 11 is 0. The van der Waals surface area contributed by atoms with Gasteiger partial charge in [0.15, 0.2) is 6.10 Å². The minimum absolute atomic E-state index is 0.0821. The highest BCUT2D eigenvalue weighted by atomic mass is 16.5. The van der Waals surface area contributed by atoms with Gasteiger partial charge in [-0.25, -0.2) is 0 Å². The van der Waals surface area contributed by atoms with Crippen LogP contribution < -0.4 is 10.5 Å². The molecule has 2 unspecified atom stereocenters. The molecular formula is C14H17NO2. The number of nitrogens with two attached hydrogens (primary N) is 1. The van der Waals surface area contributed by atoms with E-state index >= 15 is 0 Å². The van der Waals surface area contributed by atoms with Crippen molar-refractivity contribution in [3.8, 4) is 5.75 Å². The molecule has 2 aromatic rings. The van der Waals surface area contributed by atoms with Crippen LogP contribution in [0.1, 0.15) is 25.2 Å². The summed E-state index contributed by atoms with van der Waals surface area (Å²) in [5, 5.41) is 0. The average Bonchev–Trinajstić information content (AvgIpc) is 2.90. The molecule has 1 aromatic heterocycles. The van der Waals surface area contributed by atoms with Crippen molar-refractivity contribution in [1.29, 1.82) is 0 Å². The monoisotopic (exact) mass is 231 g/mol. The Balaban J connectivity index is 2.17. The average molecular weight is 231 g/mol. The molecule has 0 amide bonds. The van der Waals surface area contributed by atoms with Gasteiger partial charge in [-0.2, -0.15) is 0 Å². The zero-order chi connectivity index (χ0) is 12.1. The SMILES string of the molecule is CCC(N)C(Oc1ccccc1)c1ccco1. The van der Waals surface area contributed by atoms with Crippen LogP contribution in [0.4, 0.5) is 0 Å². The third-order valence-corrected chi connectivity index (χ3v) is 2.69. The fourth-order valence-electron chi connectivity index (χ4n) is 1.67. The fraction of sp³-hybridized carbons (Fsp3) is 0.286. The van der Waals surface area contributed by atoms with Crippen LogP contribution in [0.25, 0.3) is 0 Å². The van der Waals surface area contributed by atoms with Crippen LogP contribution in [-0.2, 0) is 0 Å². The minimum Gasteiger partial charge on any atom is -0.481 e. The van der Waals surface area contributed by atoms with Crippen molar-refractivity contribution in [2.45, 2.75) is 25.5 Å². The van der Waals surface area contributed by atoms with E-state index in [2.05, 4.69) is 0 Å². The topological polar surface area (TPSA) is 48.4 Å². The van der Waals surface area contributed by atoms with Crippen LogP contribution in [0.15, 0.2) is 53.1 Å². The van der Waals surface area contributed by atoms with E-state index in [1.54, 1.807) is 6.26 Å². The van der Waals surface area contributed by atoms with E-state index in [9.17, 15) is 0 Å². The second-order valence-corrected chi connectivity index (χ2v) is 3.94. The predicted octanol–water partition coefficient (Wildman–Crippen LogP) is 3.14. The van der Waals surface area contributed by atoms with Gasteiger partial charge in [0.05, 0.1) is 6.26 Å². The number of rotatable bonds is 5. The first kappa shape index (κ1) is 11.7. The van der Waals surface area contributed by atoms with E-state index in [1.165, 1.54) is 0 Å². The summed E-state index contributed by atoms with van der Waals surface area (Å²) in [6.07, 6.45) is 2.23. The maximum Gasteiger partial charge on any atom is 0.171 e. The van der Waals surface area contributed by atoms with Crippen LogP contribution in [0.5, 0.6) is 5.75 Å². The Bertz CT molecular complexity index is 425. The Morgan fingerprint density at radius 2 is 1.94 bits per heavy atom. The summed E-state index contributed by atoms with van der Waals surface area (Å²) in [6.45, 7) is 2.04. The molecule has 1 aromatic carbocycles. The van der Waals surface area contributed by atoms with Crippen molar-refractivity contribution in [1.82, 2.24) is 0 Å². The molecule has 0 fully saturated rings. The van der Waals surface area contributed by atoms with Gasteiger partial charge >= 0.3 is 0 Å². The molecule has 3 heteroatoms. The number of ether oxygens (including phenoxy) is 1. The summed E-state index contributed by atoms with van der Waals surface area (Å²) < 4.78 is 11.3. The van der Waals surface area contributed by atoms with E-state index in [1.807, 2.05) is 49.4 Å². The number of benzene rings is 1. The molecule has 0 saturated carbocycles. The molecule has 0 aliphatic heterocycles. The summed E-state index contributed by atoms with van der Waals surface area (Å²) in [7, 11) is 0. The van der Waals surface area contributed by atoms with Gasteiger partial charge in [0.2, 0.25) is 0 Å². The first-order chi connectivity index (χ1) is 8.31. The standard InChI is InChI=1S/C14H17NO2/c1-2-12(15)14(13-9-6-10-16-13)17-11-7-4-3-5-8-11/h3-10,12,14H,2,15H2,1H3. The Morgan fingerprint density at radius 1 is 1.18 bits per heavy atom. The highest BCUT2D eigenvalue weighted by molar-refractivity contribution is 5.22. The zero-order valence-corrected chi connectivity index (χ0v) is 9.87. The van der Waals surface area contributed by atoms with Crippen molar-refractivity contribution >= 4 is 0 Å². The lowest BCUT2D eigenvalue weighted by molar-refractivity contribution is 0.145. The van der Waals surface area contributed by atoms with Gasteiger partial charge in [-0.05, 0) is 30.7 Å². The first-order valence-electron chi connectivity index (χ1n) is 5.82. The number of para-hydroxylation sites is 1. The zero-order valence-electron chi connectivity index (χ0n) is 9.87. The summed E-state index contributed by atoms with van der Waals surface area (Å²) in [5.41, 5.74) is 6.07. The van der Waals surface area contributed by atoms with Gasteiger partial charge < -0.3 is 14.9 Å². The lowest BCUT2D eigenvalue weighted by atomic mass is 10.1. The van der Waals surface area contributed by atoms with Gasteiger partial charge in [-0.15, -0.1) is 0 Å². The van der Waals surface area contributed by atoms with Gasteiger partial charge in [0.1, 0.15) is 11.5 Å². The van der Waals surface area contributed by atoms with Crippen molar-refractivity contribution in [3.63, 3.8) is 0 Å². The number of hydrogen-bond donors (Lipinski definition) is 1. The highest BCUT2D eigenvalue weighted by Gasteiger charge is 2.22. The molecule has 17 heavy (non-hydrogen) atoms. The molecular weight excluding hydrogens is 214 g/mol. The number of hydrogen-bond acceptors (Lipinski definition) is 3. The third-order valence-electron chi connectivity index (χ3n) is 2.69. The second-order valence-electron chi connectivity index (χ2n) is 3.94. The molecule has 2 N–H and O–H groups in total. The summed E-state index contributed by atoms with van der Waals surface area (Å²) in [4.78, 5) is 0. The lowest BCUT2D eigenvalue weighted by Gasteiger charge is -2.22. The number of furan rings is 1. The van der Waals surface area contributed by atoms with Crippen LogP contribution in [-0.4, -0.2) is 6.04 Å². The molecule has 0 bridgehead atoms. The summed E-state index contributed by atoms with van der Waals surface area (Å²) in [5.74, 6) is 1.57. The molecule has 0 aliphatic carbocycles. The van der Waals surface area contributed by atoms with E-state index in [4.69, 9.17) is 14.9 Å². The van der Waals surface area contributed by atoms with Crippen LogP contribution >= 0.6 is 0 Å². The Morgan fingerprint density at radius 3 is 2.53 bits per heavy atom. The third kappa shape index (κ3) is 2.88. The molecule has 3 nitrogen and oxygen atoms in total. The molecule has 90 valence electrons. The Kier molecular flexibility index (Phi) is 3.83. The Hall–Kier alpha value is -1.74. The molecule has 0 aliphatic rings. The van der Waals surface area contributed by atoms with Crippen molar-refractivity contribution in [2.24, 2.45) is 5.73 Å². The molecule has 2 atom stereocenters. The second kappa shape index (κ2) is 5.55. The van der Waals surface area contributed by atoms with Crippen molar-refractivity contribution in [2.75, 3.05) is 0 Å². The minimum atomic E-state index is -0.239.